The van der Waals surface area contributed by atoms with Gasteiger partial charge < -0.3 is 9.30 Å². The zero-order valence-corrected chi connectivity index (χ0v) is 20.4. The Balaban J connectivity index is 1.38. The van der Waals surface area contributed by atoms with Crippen LogP contribution in [0.3, 0.4) is 0 Å². The van der Waals surface area contributed by atoms with Crippen LogP contribution >= 0.6 is 0 Å². The molecule has 0 saturated carbocycles. The molecule has 1 aliphatic heterocycles. The van der Waals surface area contributed by atoms with Crippen LogP contribution in [0.4, 0.5) is 4.39 Å². The second-order valence-corrected chi connectivity index (χ2v) is 10.8. The van der Waals surface area contributed by atoms with Crippen molar-refractivity contribution in [3.05, 3.63) is 78.1 Å². The number of nitrogens with zero attached hydrogens (tertiary/aromatic N) is 5. The molecule has 1 saturated heterocycles. The van der Waals surface area contributed by atoms with Crippen molar-refractivity contribution in [1.82, 2.24) is 18.8 Å². The lowest BCUT2D eigenvalue weighted by molar-refractivity contribution is 0.130. The fraction of sp³-hybridized carbons (Fsp3) is 0.269. The summed E-state index contributed by atoms with van der Waals surface area (Å²) in [7, 11) is -3.21. The molecule has 8 nitrogen and oxygen atoms in total. The number of halogens is 1. The van der Waals surface area contributed by atoms with Crippen LogP contribution in [0.5, 0.6) is 5.88 Å². The Hall–Kier alpha value is -3.81. The largest absolute Gasteiger partial charge is 0.474 e. The number of hydrogen-bond acceptors (Lipinski definition) is 6. The molecule has 0 unspecified atom stereocenters. The Labute approximate surface area is 208 Å². The number of nitriles is 1. The van der Waals surface area contributed by atoms with Crippen molar-refractivity contribution >= 4 is 20.9 Å². The van der Waals surface area contributed by atoms with E-state index in [0.717, 1.165) is 27.6 Å². The Bertz CT molecular complexity index is 1550. The summed E-state index contributed by atoms with van der Waals surface area (Å²) in [5.74, 6) is 0.0601. The number of sulfonamides is 1. The molecule has 1 aromatic carbocycles. The number of pyridine rings is 2. The van der Waals surface area contributed by atoms with Gasteiger partial charge in [-0.25, -0.2) is 22.1 Å². The van der Waals surface area contributed by atoms with Crippen LogP contribution in [0, 0.1) is 17.1 Å². The summed E-state index contributed by atoms with van der Waals surface area (Å²) in [4.78, 5) is 8.69. The summed E-state index contributed by atoms with van der Waals surface area (Å²) in [6.07, 6.45) is 7.65. The van der Waals surface area contributed by atoms with E-state index in [-0.39, 0.29) is 17.6 Å². The first-order valence-corrected chi connectivity index (χ1v) is 13.4. The highest BCUT2D eigenvalue weighted by Crippen LogP contribution is 2.29. The van der Waals surface area contributed by atoms with Crippen molar-refractivity contribution in [2.45, 2.75) is 25.5 Å². The van der Waals surface area contributed by atoms with Crippen molar-refractivity contribution in [1.29, 1.82) is 5.26 Å². The third-order valence-corrected chi connectivity index (χ3v) is 7.64. The fourth-order valence-corrected chi connectivity index (χ4v) is 5.40. The van der Waals surface area contributed by atoms with Crippen molar-refractivity contribution in [3.8, 4) is 23.1 Å². The maximum Gasteiger partial charge on any atom is 0.215 e. The first-order chi connectivity index (χ1) is 17.3. The van der Waals surface area contributed by atoms with Crippen molar-refractivity contribution in [3.63, 3.8) is 0 Å². The zero-order chi connectivity index (χ0) is 25.3. The smallest absolute Gasteiger partial charge is 0.215 e. The normalized spacial score (nSPS) is 15.1. The molecule has 0 atom stereocenters. The number of benzene rings is 1. The fourth-order valence-electron chi connectivity index (χ4n) is 4.52. The van der Waals surface area contributed by atoms with E-state index >= 15 is 0 Å². The average Bonchev–Trinajstić information content (AvgIpc) is 3.27. The Morgan fingerprint density at radius 3 is 2.58 bits per heavy atom. The van der Waals surface area contributed by atoms with Gasteiger partial charge in [0.2, 0.25) is 15.9 Å². The first kappa shape index (κ1) is 23.9. The third kappa shape index (κ3) is 5.08. The van der Waals surface area contributed by atoms with Crippen LogP contribution in [0.15, 0.2) is 61.1 Å². The van der Waals surface area contributed by atoms with Gasteiger partial charge in [-0.15, -0.1) is 0 Å². The van der Waals surface area contributed by atoms with Gasteiger partial charge in [0.15, 0.2) is 0 Å². The quantitative estimate of drug-likeness (QED) is 0.393. The van der Waals surface area contributed by atoms with Gasteiger partial charge in [-0.1, -0.05) is 12.1 Å². The second-order valence-electron chi connectivity index (χ2n) is 8.86. The molecule has 0 aliphatic carbocycles. The molecular weight excluding hydrogens is 481 g/mol. The summed E-state index contributed by atoms with van der Waals surface area (Å²) in [6, 6.07) is 13.9. The Morgan fingerprint density at radius 2 is 1.89 bits per heavy atom. The van der Waals surface area contributed by atoms with Gasteiger partial charge in [0.05, 0.1) is 18.0 Å². The molecule has 1 aliphatic rings. The highest BCUT2D eigenvalue weighted by atomic mass is 32.2. The number of fused-ring (bicyclic) bond motifs is 1. The molecule has 36 heavy (non-hydrogen) atoms. The Morgan fingerprint density at radius 1 is 1.14 bits per heavy atom. The molecule has 3 aromatic heterocycles. The van der Waals surface area contributed by atoms with E-state index in [2.05, 4.69) is 16.0 Å². The van der Waals surface area contributed by atoms with Gasteiger partial charge in [0.1, 0.15) is 23.7 Å². The van der Waals surface area contributed by atoms with E-state index in [1.54, 1.807) is 30.6 Å². The molecule has 0 N–H and O–H groups in total. The molecule has 184 valence electrons. The number of hydrogen-bond donors (Lipinski definition) is 0. The predicted molar refractivity (Wildman–Crippen MR) is 133 cm³/mol. The van der Waals surface area contributed by atoms with Crippen LogP contribution in [-0.2, 0) is 16.6 Å². The summed E-state index contributed by atoms with van der Waals surface area (Å²) >= 11 is 0. The van der Waals surface area contributed by atoms with E-state index in [9.17, 15) is 18.1 Å². The summed E-state index contributed by atoms with van der Waals surface area (Å²) < 4.78 is 46.4. The monoisotopic (exact) mass is 505 g/mol. The number of ether oxygens (including phenoxy) is 1. The first-order valence-electron chi connectivity index (χ1n) is 11.5. The molecule has 5 rings (SSSR count). The molecule has 1 fully saturated rings. The van der Waals surface area contributed by atoms with E-state index in [0.29, 0.717) is 38.4 Å². The number of rotatable bonds is 6. The summed E-state index contributed by atoms with van der Waals surface area (Å²) in [5, 5.41) is 10.5. The van der Waals surface area contributed by atoms with Gasteiger partial charge in [0.25, 0.3) is 0 Å². The second kappa shape index (κ2) is 9.68. The van der Waals surface area contributed by atoms with Gasteiger partial charge in [0, 0.05) is 49.0 Å². The molecular formula is C26H24FN5O3S. The molecule has 4 aromatic rings. The predicted octanol–water partition coefficient (Wildman–Crippen LogP) is 3.96. The van der Waals surface area contributed by atoms with Crippen LogP contribution in [-0.4, -0.2) is 52.7 Å². The Kier molecular flexibility index (Phi) is 6.43. The van der Waals surface area contributed by atoms with Crippen molar-refractivity contribution < 1.29 is 17.5 Å². The SMILES string of the molecule is CS(=O)(=O)N1CCC(Oc2cc(Cn3ccc4c(-c5ccc(F)cc5)cncc43)cc(C#N)n2)CC1. The van der Waals surface area contributed by atoms with E-state index in [1.165, 1.54) is 22.7 Å². The summed E-state index contributed by atoms with van der Waals surface area (Å²) in [5.41, 5.74) is 3.78. The molecule has 0 radical (unpaired) electrons. The molecule has 0 amide bonds. The lowest BCUT2D eigenvalue weighted by atomic mass is 10.0. The van der Waals surface area contributed by atoms with Gasteiger partial charge in [-0.3, -0.25) is 4.98 Å². The lowest BCUT2D eigenvalue weighted by Gasteiger charge is -2.30. The van der Waals surface area contributed by atoms with E-state index in [1.807, 2.05) is 22.9 Å². The minimum atomic E-state index is -3.21. The maximum atomic E-state index is 13.4. The van der Waals surface area contributed by atoms with Crippen LogP contribution in [0.2, 0.25) is 0 Å². The highest BCUT2D eigenvalue weighted by Gasteiger charge is 2.26. The third-order valence-electron chi connectivity index (χ3n) is 6.34. The molecule has 10 heteroatoms. The van der Waals surface area contributed by atoms with Gasteiger partial charge in [-0.2, -0.15) is 5.26 Å². The van der Waals surface area contributed by atoms with Crippen molar-refractivity contribution in [2.24, 2.45) is 0 Å². The van der Waals surface area contributed by atoms with E-state index < -0.39 is 10.0 Å². The molecule has 4 heterocycles. The highest BCUT2D eigenvalue weighted by molar-refractivity contribution is 7.88. The zero-order valence-electron chi connectivity index (χ0n) is 19.6. The van der Waals surface area contributed by atoms with E-state index in [4.69, 9.17) is 4.74 Å². The van der Waals surface area contributed by atoms with Crippen LogP contribution < -0.4 is 4.74 Å². The van der Waals surface area contributed by atoms with Gasteiger partial charge >= 0.3 is 0 Å². The summed E-state index contributed by atoms with van der Waals surface area (Å²) in [6.45, 7) is 1.26. The minimum Gasteiger partial charge on any atom is -0.474 e. The topological polar surface area (TPSA) is 101 Å². The van der Waals surface area contributed by atoms with Gasteiger partial charge in [-0.05, 0) is 48.2 Å². The van der Waals surface area contributed by atoms with Crippen LogP contribution in [0.25, 0.3) is 22.0 Å². The average molecular weight is 506 g/mol. The van der Waals surface area contributed by atoms with Crippen molar-refractivity contribution in [2.75, 3.05) is 19.3 Å². The minimum absolute atomic E-state index is 0.174. The lowest BCUT2D eigenvalue weighted by Crippen LogP contribution is -2.41. The van der Waals surface area contributed by atoms with Crippen LogP contribution in [0.1, 0.15) is 24.1 Å². The molecule has 0 spiro atoms. The number of aromatic nitrogens is 3. The number of piperidine rings is 1. The molecule has 0 bridgehead atoms. The maximum absolute atomic E-state index is 13.4. The standard InChI is InChI=1S/C26H24FN5O3S/c1-36(33,34)32-10-6-22(7-11-32)35-26-13-18(12-21(14-28)30-26)17-31-9-8-23-24(15-29-16-25(23)31)19-2-4-20(27)5-3-19/h2-5,8-9,12-13,15-16,22H,6-7,10-11,17H2,1H3.